The molecule has 6 rings (SSSR count). The average molecular weight is 539 g/mol. The van der Waals surface area contributed by atoms with Gasteiger partial charge in [-0.25, -0.2) is 8.42 Å². The van der Waals surface area contributed by atoms with Crippen molar-refractivity contribution in [3.05, 3.63) is 101 Å². The van der Waals surface area contributed by atoms with Gasteiger partial charge in [0.25, 0.3) is 0 Å². The zero-order valence-corrected chi connectivity index (χ0v) is 22.5. The molecule has 0 spiro atoms. The number of nitriles is 1. The molecule has 198 valence electrons. The average Bonchev–Trinajstić information content (AvgIpc) is 3.42. The van der Waals surface area contributed by atoms with Crippen molar-refractivity contribution in [2.24, 2.45) is 5.92 Å². The fraction of sp³-hybridized carbons (Fsp3) is 0.290. The molecule has 4 aromatic rings. The van der Waals surface area contributed by atoms with Crippen LogP contribution in [0.25, 0.3) is 11.5 Å². The van der Waals surface area contributed by atoms with Crippen LogP contribution < -0.4 is 4.90 Å². The van der Waals surface area contributed by atoms with Crippen molar-refractivity contribution in [3.8, 4) is 17.5 Å². The largest absolute Gasteiger partial charge is 0.419 e. The molecule has 2 aliphatic rings. The van der Waals surface area contributed by atoms with Crippen molar-refractivity contribution in [1.82, 2.24) is 9.29 Å². The predicted octanol–water partition coefficient (Wildman–Crippen LogP) is 5.42. The van der Waals surface area contributed by atoms with E-state index in [1.165, 1.54) is 15.4 Å². The summed E-state index contributed by atoms with van der Waals surface area (Å²) in [5.41, 5.74) is 4.50. The summed E-state index contributed by atoms with van der Waals surface area (Å²) in [5, 5.41) is 9.74. The number of sulfonamides is 1. The molecule has 1 saturated heterocycles. The Bertz CT molecular complexity index is 1600. The van der Waals surface area contributed by atoms with Crippen molar-refractivity contribution >= 4 is 15.9 Å². The number of aromatic nitrogens is 1. The number of rotatable bonds is 6. The third kappa shape index (κ3) is 5.20. The first kappa shape index (κ1) is 25.4. The van der Waals surface area contributed by atoms with Gasteiger partial charge in [-0.1, -0.05) is 54.6 Å². The van der Waals surface area contributed by atoms with Crippen LogP contribution in [-0.4, -0.2) is 37.3 Å². The van der Waals surface area contributed by atoms with Crippen LogP contribution in [0.15, 0.2) is 88.2 Å². The minimum atomic E-state index is -3.63. The first-order valence-electron chi connectivity index (χ1n) is 13.4. The highest BCUT2D eigenvalue weighted by molar-refractivity contribution is 7.89. The topological polar surface area (TPSA) is 90.4 Å². The zero-order valence-electron chi connectivity index (χ0n) is 21.7. The van der Waals surface area contributed by atoms with Crippen LogP contribution in [0.2, 0.25) is 0 Å². The van der Waals surface area contributed by atoms with Crippen LogP contribution in [0.4, 0.5) is 5.88 Å². The summed E-state index contributed by atoms with van der Waals surface area (Å²) in [4.78, 5) is 6.77. The van der Waals surface area contributed by atoms with E-state index < -0.39 is 10.0 Å². The van der Waals surface area contributed by atoms with Gasteiger partial charge in [-0.3, -0.25) is 0 Å². The number of nitrogens with zero attached hydrogens (tertiary/aromatic N) is 4. The standard InChI is InChI=1S/C31H30N4O3S/c32-21-29-31(34-17-14-24(15-18-34)20-23-6-2-1-3-7-23)38-30(33-29)26-10-12-28(13-11-26)39(36,37)35-19-16-25-8-4-5-9-27(25)22-35/h1-13,24H,14-20,22H2. The minimum absolute atomic E-state index is 0.235. The molecule has 0 unspecified atom stereocenters. The second kappa shape index (κ2) is 10.7. The molecule has 0 aliphatic carbocycles. The second-order valence-electron chi connectivity index (χ2n) is 10.3. The lowest BCUT2D eigenvalue weighted by Crippen LogP contribution is -2.35. The molecule has 0 radical (unpaired) electrons. The number of piperidine rings is 1. The molecule has 0 saturated carbocycles. The Labute approximate surface area is 229 Å². The second-order valence-corrected chi connectivity index (χ2v) is 12.2. The van der Waals surface area contributed by atoms with Gasteiger partial charge >= 0.3 is 0 Å². The molecule has 39 heavy (non-hydrogen) atoms. The van der Waals surface area contributed by atoms with Crippen LogP contribution in [0.3, 0.4) is 0 Å². The van der Waals surface area contributed by atoms with Gasteiger partial charge in [-0.2, -0.15) is 14.6 Å². The SMILES string of the molecule is N#Cc1nc(-c2ccc(S(=O)(=O)N3CCc4ccccc4C3)cc2)oc1N1CCC(Cc2ccccc2)CC1. The summed E-state index contributed by atoms with van der Waals surface area (Å²) >= 11 is 0. The van der Waals surface area contributed by atoms with Crippen molar-refractivity contribution in [2.75, 3.05) is 24.5 Å². The lowest BCUT2D eigenvalue weighted by Gasteiger charge is -2.31. The molecule has 0 bridgehead atoms. The van der Waals surface area contributed by atoms with E-state index in [1.807, 2.05) is 24.3 Å². The maximum Gasteiger partial charge on any atom is 0.243 e. The van der Waals surface area contributed by atoms with E-state index in [2.05, 4.69) is 46.3 Å². The van der Waals surface area contributed by atoms with Gasteiger partial charge in [0.2, 0.25) is 27.5 Å². The lowest BCUT2D eigenvalue weighted by molar-refractivity contribution is 0.389. The Kier molecular flexibility index (Phi) is 6.94. The maximum absolute atomic E-state index is 13.3. The predicted molar refractivity (Wildman–Crippen MR) is 149 cm³/mol. The number of oxazole rings is 1. The number of fused-ring (bicyclic) bond motifs is 1. The van der Waals surface area contributed by atoms with Crippen LogP contribution in [0, 0.1) is 17.2 Å². The minimum Gasteiger partial charge on any atom is -0.419 e. The van der Waals surface area contributed by atoms with Gasteiger partial charge in [0.15, 0.2) is 0 Å². The quantitative estimate of drug-likeness (QED) is 0.326. The molecule has 7 nitrogen and oxygen atoms in total. The first-order valence-corrected chi connectivity index (χ1v) is 14.8. The molecule has 0 N–H and O–H groups in total. The third-order valence-electron chi connectivity index (χ3n) is 7.82. The molecular formula is C31H30N4O3S. The van der Waals surface area contributed by atoms with Gasteiger partial charge < -0.3 is 9.32 Å². The molecule has 0 amide bonds. The smallest absolute Gasteiger partial charge is 0.243 e. The van der Waals surface area contributed by atoms with Crippen LogP contribution in [0.5, 0.6) is 0 Å². The normalized spacial score (nSPS) is 16.5. The van der Waals surface area contributed by atoms with E-state index in [1.54, 1.807) is 24.3 Å². The Balaban J connectivity index is 1.15. The van der Waals surface area contributed by atoms with E-state index >= 15 is 0 Å². The summed E-state index contributed by atoms with van der Waals surface area (Å²) in [6.07, 6.45) is 3.79. The van der Waals surface area contributed by atoms with E-state index in [0.29, 0.717) is 42.8 Å². The summed E-state index contributed by atoms with van der Waals surface area (Å²) in [5.74, 6) is 1.41. The fourth-order valence-corrected chi connectivity index (χ4v) is 7.02. The summed E-state index contributed by atoms with van der Waals surface area (Å²) < 4.78 is 34.3. The number of benzene rings is 3. The summed E-state index contributed by atoms with van der Waals surface area (Å²) in [6, 6.07) is 27.3. The maximum atomic E-state index is 13.3. The Morgan fingerprint density at radius 2 is 1.59 bits per heavy atom. The lowest BCUT2D eigenvalue weighted by atomic mass is 9.90. The van der Waals surface area contributed by atoms with Gasteiger partial charge in [0.05, 0.1) is 4.90 Å². The van der Waals surface area contributed by atoms with E-state index in [0.717, 1.165) is 37.9 Å². The Morgan fingerprint density at radius 3 is 2.31 bits per heavy atom. The highest BCUT2D eigenvalue weighted by Gasteiger charge is 2.29. The molecule has 8 heteroatoms. The highest BCUT2D eigenvalue weighted by atomic mass is 32.2. The first-order chi connectivity index (χ1) is 19.0. The van der Waals surface area contributed by atoms with Crippen LogP contribution >= 0.6 is 0 Å². The Hall–Kier alpha value is -3.93. The number of hydrogen-bond acceptors (Lipinski definition) is 6. The van der Waals surface area contributed by atoms with Crippen molar-refractivity contribution in [2.45, 2.75) is 37.1 Å². The van der Waals surface area contributed by atoms with Gasteiger partial charge in [-0.05, 0) is 72.6 Å². The van der Waals surface area contributed by atoms with E-state index in [9.17, 15) is 13.7 Å². The van der Waals surface area contributed by atoms with Crippen LogP contribution in [0.1, 0.15) is 35.2 Å². The van der Waals surface area contributed by atoms with E-state index in [-0.39, 0.29) is 10.6 Å². The molecule has 2 aliphatic heterocycles. The summed E-state index contributed by atoms with van der Waals surface area (Å²) in [6.45, 7) is 2.43. The van der Waals surface area contributed by atoms with E-state index in [4.69, 9.17) is 4.42 Å². The molecule has 0 atom stereocenters. The molecule has 3 heterocycles. The number of anilines is 1. The highest BCUT2D eigenvalue weighted by Crippen LogP contribution is 2.33. The monoisotopic (exact) mass is 538 g/mol. The van der Waals surface area contributed by atoms with Crippen molar-refractivity contribution < 1.29 is 12.8 Å². The van der Waals surface area contributed by atoms with Crippen molar-refractivity contribution in [1.29, 1.82) is 5.26 Å². The Morgan fingerprint density at radius 1 is 0.897 bits per heavy atom. The van der Waals surface area contributed by atoms with Gasteiger partial charge in [0, 0.05) is 31.7 Å². The molecular weight excluding hydrogens is 508 g/mol. The molecule has 1 fully saturated rings. The third-order valence-corrected chi connectivity index (χ3v) is 9.68. The van der Waals surface area contributed by atoms with Gasteiger partial charge in [0.1, 0.15) is 6.07 Å². The van der Waals surface area contributed by atoms with Crippen LogP contribution in [-0.2, 0) is 29.4 Å². The van der Waals surface area contributed by atoms with Gasteiger partial charge in [-0.15, -0.1) is 0 Å². The van der Waals surface area contributed by atoms with Crippen molar-refractivity contribution in [3.63, 3.8) is 0 Å². The molecule has 1 aromatic heterocycles. The summed E-state index contributed by atoms with van der Waals surface area (Å²) in [7, 11) is -3.63. The zero-order chi connectivity index (χ0) is 26.8. The number of hydrogen-bond donors (Lipinski definition) is 0. The molecule has 3 aromatic carbocycles. The fourth-order valence-electron chi connectivity index (χ4n) is 5.60.